The van der Waals surface area contributed by atoms with Gasteiger partial charge in [0, 0.05) is 6.07 Å². The number of carbonyl (C=O) groups excluding carboxylic acids is 1. The Morgan fingerprint density at radius 1 is 0.931 bits per heavy atom. The molecule has 0 aromatic heterocycles. The minimum Gasteiger partial charge on any atom is -0.497 e. The summed E-state index contributed by atoms with van der Waals surface area (Å²) in [5.41, 5.74) is 0.489. The van der Waals surface area contributed by atoms with Gasteiger partial charge in [0.2, 0.25) is 0 Å². The van der Waals surface area contributed by atoms with Crippen LogP contribution in [0.2, 0.25) is 0 Å². The first-order valence-electron chi connectivity index (χ1n) is 9.52. The topological polar surface area (TPSA) is 93.7 Å². The molecule has 3 aliphatic rings. The summed E-state index contributed by atoms with van der Waals surface area (Å²) in [7, 11) is 3.08. The second kappa shape index (κ2) is 7.10. The molecule has 0 saturated carbocycles. The Balaban J connectivity index is 1.58. The first kappa shape index (κ1) is 20.4. The van der Waals surface area contributed by atoms with Crippen LogP contribution >= 0.6 is 0 Å². The van der Waals surface area contributed by atoms with Crippen LogP contribution in [0.4, 0.5) is 5.69 Å². The van der Waals surface area contributed by atoms with Gasteiger partial charge in [-0.05, 0) is 39.8 Å². The first-order valence-corrected chi connectivity index (χ1v) is 9.52. The largest absolute Gasteiger partial charge is 0.497 e. The smallest absolute Gasteiger partial charge is 0.256 e. The van der Waals surface area contributed by atoms with Crippen molar-refractivity contribution in [2.75, 3.05) is 19.5 Å². The maximum absolute atomic E-state index is 13.1. The number of amides is 1. The van der Waals surface area contributed by atoms with Crippen molar-refractivity contribution in [2.45, 2.75) is 70.0 Å². The lowest BCUT2D eigenvalue weighted by Crippen LogP contribution is -2.58. The van der Waals surface area contributed by atoms with Crippen LogP contribution in [0.3, 0.4) is 0 Å². The van der Waals surface area contributed by atoms with E-state index in [0.717, 1.165) is 0 Å². The van der Waals surface area contributed by atoms with E-state index in [9.17, 15) is 4.79 Å². The summed E-state index contributed by atoms with van der Waals surface area (Å²) in [6, 6.07) is 5.12. The van der Waals surface area contributed by atoms with E-state index in [1.165, 1.54) is 7.11 Å². The van der Waals surface area contributed by atoms with Crippen LogP contribution in [0, 0.1) is 0 Å². The van der Waals surface area contributed by atoms with Gasteiger partial charge in [-0.2, -0.15) is 0 Å². The molecule has 0 unspecified atom stereocenters. The van der Waals surface area contributed by atoms with Crippen molar-refractivity contribution < 1.29 is 38.0 Å². The number of benzene rings is 1. The summed E-state index contributed by atoms with van der Waals surface area (Å²) in [6.07, 6.45) is -3.33. The van der Waals surface area contributed by atoms with Crippen LogP contribution in [-0.4, -0.2) is 62.4 Å². The molecule has 0 radical (unpaired) electrons. The highest BCUT2D eigenvalue weighted by Crippen LogP contribution is 2.44. The van der Waals surface area contributed by atoms with Crippen LogP contribution in [0.15, 0.2) is 18.2 Å². The summed E-state index contributed by atoms with van der Waals surface area (Å²) >= 11 is 0. The zero-order valence-corrected chi connectivity index (χ0v) is 17.4. The van der Waals surface area contributed by atoms with Crippen molar-refractivity contribution in [3.63, 3.8) is 0 Å². The predicted molar refractivity (Wildman–Crippen MR) is 101 cm³/mol. The minimum atomic E-state index is -0.952. The van der Waals surface area contributed by atoms with Crippen molar-refractivity contribution in [3.05, 3.63) is 18.2 Å². The van der Waals surface area contributed by atoms with Crippen molar-refractivity contribution in [1.29, 1.82) is 0 Å². The fourth-order valence-corrected chi connectivity index (χ4v) is 3.93. The number of ether oxygens (including phenoxy) is 7. The molecule has 29 heavy (non-hydrogen) atoms. The number of rotatable bonds is 4. The molecule has 0 bridgehead atoms. The molecule has 1 aromatic rings. The number of anilines is 1. The Morgan fingerprint density at radius 3 is 2.28 bits per heavy atom. The highest BCUT2D eigenvalue weighted by molar-refractivity contribution is 5.96. The molecule has 9 nitrogen and oxygen atoms in total. The molecule has 0 spiro atoms. The maximum Gasteiger partial charge on any atom is 0.256 e. The van der Waals surface area contributed by atoms with E-state index in [-0.39, 0.29) is 0 Å². The Kier molecular flexibility index (Phi) is 4.99. The molecule has 3 saturated heterocycles. The van der Waals surface area contributed by atoms with Crippen LogP contribution in [0.1, 0.15) is 27.7 Å². The number of nitrogens with one attached hydrogen (secondary N) is 1. The normalized spacial score (nSPS) is 34.2. The van der Waals surface area contributed by atoms with E-state index in [0.29, 0.717) is 17.2 Å². The Bertz CT molecular complexity index is 795. The lowest BCUT2D eigenvalue weighted by atomic mass is 9.98. The molecule has 5 atom stereocenters. The molecule has 1 aromatic carbocycles. The van der Waals surface area contributed by atoms with Gasteiger partial charge in [-0.25, -0.2) is 0 Å². The van der Waals surface area contributed by atoms with Gasteiger partial charge in [-0.1, -0.05) is 0 Å². The number of carbonyl (C=O) groups is 1. The molecule has 1 N–H and O–H groups in total. The van der Waals surface area contributed by atoms with Gasteiger partial charge in [0.25, 0.3) is 5.91 Å². The molecule has 3 heterocycles. The average molecular weight is 409 g/mol. The molecular formula is C20H27NO8. The van der Waals surface area contributed by atoms with Gasteiger partial charge in [-0.15, -0.1) is 0 Å². The van der Waals surface area contributed by atoms with Crippen LogP contribution in [0.25, 0.3) is 0 Å². The van der Waals surface area contributed by atoms with Gasteiger partial charge in [0.1, 0.15) is 29.8 Å². The van der Waals surface area contributed by atoms with Crippen LogP contribution in [-0.2, 0) is 28.5 Å². The van der Waals surface area contributed by atoms with E-state index in [1.807, 2.05) is 0 Å². The third-order valence-electron chi connectivity index (χ3n) is 5.08. The summed E-state index contributed by atoms with van der Waals surface area (Å²) in [5.74, 6) is -1.03. The third kappa shape index (κ3) is 3.80. The van der Waals surface area contributed by atoms with Crippen molar-refractivity contribution in [2.24, 2.45) is 0 Å². The van der Waals surface area contributed by atoms with E-state index in [4.69, 9.17) is 33.2 Å². The van der Waals surface area contributed by atoms with E-state index in [1.54, 1.807) is 53.0 Å². The summed E-state index contributed by atoms with van der Waals surface area (Å²) in [6.45, 7) is 7.18. The number of methoxy groups -OCH3 is 2. The third-order valence-corrected chi connectivity index (χ3v) is 5.08. The monoisotopic (exact) mass is 409 g/mol. The Morgan fingerprint density at radius 2 is 1.59 bits per heavy atom. The summed E-state index contributed by atoms with van der Waals surface area (Å²) < 4.78 is 40.3. The summed E-state index contributed by atoms with van der Waals surface area (Å²) in [4.78, 5) is 13.1. The first-order chi connectivity index (χ1) is 13.6. The van der Waals surface area contributed by atoms with Crippen molar-refractivity contribution >= 4 is 11.6 Å². The average Bonchev–Trinajstić information content (AvgIpc) is 3.14. The lowest BCUT2D eigenvalue weighted by molar-refractivity contribution is -0.229. The highest BCUT2D eigenvalue weighted by Gasteiger charge is 2.62. The Hall–Kier alpha value is -1.91. The minimum absolute atomic E-state index is 0.392. The molecule has 1 amide bonds. The molecule has 9 heteroatoms. The predicted octanol–water partition coefficient (Wildman–Crippen LogP) is 2.04. The van der Waals surface area contributed by atoms with E-state index in [2.05, 4.69) is 5.32 Å². The zero-order valence-electron chi connectivity index (χ0n) is 17.4. The maximum atomic E-state index is 13.1. The molecule has 4 rings (SSSR count). The second-order valence-corrected chi connectivity index (χ2v) is 8.15. The van der Waals surface area contributed by atoms with Crippen LogP contribution in [0.5, 0.6) is 11.5 Å². The quantitative estimate of drug-likeness (QED) is 0.808. The molecule has 0 aliphatic carbocycles. The molecule has 3 aliphatic heterocycles. The van der Waals surface area contributed by atoms with Crippen LogP contribution < -0.4 is 14.8 Å². The molecular weight excluding hydrogens is 382 g/mol. The van der Waals surface area contributed by atoms with E-state index >= 15 is 0 Å². The van der Waals surface area contributed by atoms with Gasteiger partial charge < -0.3 is 38.5 Å². The lowest BCUT2D eigenvalue weighted by Gasteiger charge is -2.36. The van der Waals surface area contributed by atoms with E-state index < -0.39 is 48.2 Å². The van der Waals surface area contributed by atoms with Gasteiger partial charge in [-0.3, -0.25) is 4.79 Å². The number of fused-ring (bicyclic) bond motifs is 3. The van der Waals surface area contributed by atoms with Gasteiger partial charge in [0.05, 0.1) is 19.9 Å². The van der Waals surface area contributed by atoms with Crippen molar-refractivity contribution in [3.8, 4) is 11.5 Å². The number of hydrogen-bond acceptors (Lipinski definition) is 8. The Labute approximate surface area is 169 Å². The van der Waals surface area contributed by atoms with Gasteiger partial charge in [0.15, 0.2) is 24.0 Å². The standard InChI is InChI=1S/C20H27NO8/c1-19(2)26-13-14(27-19)16-18(29-20(3,4)28-16)25-15(13)17(22)21-11-8-7-10(23-5)9-12(11)24-6/h7-9,13-16,18H,1-6H3,(H,21,22)/t13-,14-,15+,16+,18+/m0/s1. The highest BCUT2D eigenvalue weighted by atomic mass is 16.9. The molecule has 160 valence electrons. The fourth-order valence-electron chi connectivity index (χ4n) is 3.93. The zero-order chi connectivity index (χ0) is 21.0. The second-order valence-electron chi connectivity index (χ2n) is 8.15. The number of hydrogen-bond donors (Lipinski definition) is 1. The SMILES string of the molecule is COc1ccc(NC(=O)[C@@H]2O[C@@H]3OC(C)(C)O[C@@H]3[C@H]3OC(C)(C)O[C@@H]32)c(OC)c1. The van der Waals surface area contributed by atoms with Gasteiger partial charge >= 0.3 is 0 Å². The van der Waals surface area contributed by atoms with Crippen molar-refractivity contribution in [1.82, 2.24) is 0 Å². The molecule has 3 fully saturated rings. The fraction of sp³-hybridized carbons (Fsp3) is 0.650. The summed E-state index contributed by atoms with van der Waals surface area (Å²) in [5, 5.41) is 2.85.